The van der Waals surface area contributed by atoms with Crippen molar-refractivity contribution in [2.24, 2.45) is 0 Å². The lowest BCUT2D eigenvalue weighted by Gasteiger charge is -2.12. The van der Waals surface area contributed by atoms with E-state index in [0.717, 1.165) is 5.56 Å². The fraction of sp³-hybridized carbons (Fsp3) is 0.308. The van der Waals surface area contributed by atoms with Crippen LogP contribution < -0.4 is 0 Å². The third kappa shape index (κ3) is 2.35. The van der Waals surface area contributed by atoms with Crippen LogP contribution in [0, 0.1) is 0 Å². The van der Waals surface area contributed by atoms with Crippen LogP contribution in [-0.2, 0) is 9.59 Å². The Bertz CT molecular complexity index is 517. The number of halogens is 1. The van der Waals surface area contributed by atoms with E-state index in [1.54, 1.807) is 0 Å². The number of carbonyl (C=O) groups is 2. The summed E-state index contributed by atoms with van der Waals surface area (Å²) in [6.45, 7) is 1.47. The summed E-state index contributed by atoms with van der Waals surface area (Å²) in [5.74, 6) is -0.0828. The topological polar surface area (TPSA) is 34.1 Å². The Balaban J connectivity index is 2.40. The van der Waals surface area contributed by atoms with Crippen molar-refractivity contribution in [2.75, 3.05) is 6.26 Å². The molecule has 0 aliphatic carbocycles. The van der Waals surface area contributed by atoms with Crippen molar-refractivity contribution in [3.63, 3.8) is 0 Å². The maximum atomic E-state index is 11.8. The smallest absolute Gasteiger partial charge is 0.173 e. The van der Waals surface area contributed by atoms with Crippen LogP contribution in [0.15, 0.2) is 24.3 Å². The maximum absolute atomic E-state index is 11.8. The number of carbonyl (C=O) groups excluding carboxylic acids is 2. The number of Topliss-reactive ketones (excluding diaryl/α,β-unsaturated/α-hetero) is 2. The maximum Gasteiger partial charge on any atom is 0.173 e. The molecule has 0 spiro atoms. The lowest BCUT2D eigenvalue weighted by Crippen LogP contribution is -2.16. The summed E-state index contributed by atoms with van der Waals surface area (Å²) < 4.78 is 0. The molecule has 1 heterocycles. The third-order valence-corrected chi connectivity index (χ3v) is 5.64. The number of rotatable bonds is 2. The molecule has 0 amide bonds. The van der Waals surface area contributed by atoms with E-state index in [2.05, 4.69) is 0 Å². The van der Waals surface area contributed by atoms with Crippen LogP contribution in [0.2, 0.25) is 5.02 Å². The van der Waals surface area contributed by atoms with E-state index >= 15 is 0 Å². The fourth-order valence-electron chi connectivity index (χ4n) is 2.13. The van der Waals surface area contributed by atoms with Crippen molar-refractivity contribution in [1.82, 2.24) is 0 Å². The standard InChI is InChI=1S/C13H13ClO2S/c1-8(15)13-11(16)7-12(17(13)2)9-3-5-10(14)6-4-9/h3-6,12H,7H2,1-2H3/t12-,17?/m1/s1. The van der Waals surface area contributed by atoms with Gasteiger partial charge in [0.25, 0.3) is 0 Å². The van der Waals surface area contributed by atoms with E-state index in [1.807, 2.05) is 30.5 Å². The number of benzene rings is 1. The van der Waals surface area contributed by atoms with Gasteiger partial charge in [-0.05, 0) is 30.9 Å². The first-order chi connectivity index (χ1) is 8.00. The van der Waals surface area contributed by atoms with Crippen LogP contribution in [-0.4, -0.2) is 22.7 Å². The highest BCUT2D eigenvalue weighted by atomic mass is 35.5. The predicted molar refractivity (Wildman–Crippen MR) is 73.0 cm³/mol. The van der Waals surface area contributed by atoms with Crippen molar-refractivity contribution in [1.29, 1.82) is 0 Å². The summed E-state index contributed by atoms with van der Waals surface area (Å²) in [6, 6.07) is 7.52. The van der Waals surface area contributed by atoms with E-state index < -0.39 is 0 Å². The van der Waals surface area contributed by atoms with Gasteiger partial charge in [0.2, 0.25) is 0 Å². The molecule has 0 saturated heterocycles. The van der Waals surface area contributed by atoms with Crippen molar-refractivity contribution in [3.05, 3.63) is 34.9 Å². The van der Waals surface area contributed by atoms with Gasteiger partial charge in [0.05, 0.1) is 4.86 Å². The van der Waals surface area contributed by atoms with Crippen LogP contribution in [0.4, 0.5) is 0 Å². The molecular formula is C13H13ClO2S. The fourth-order valence-corrected chi connectivity index (χ4v) is 4.40. The zero-order valence-electron chi connectivity index (χ0n) is 9.70. The average Bonchev–Trinajstić information content (AvgIpc) is 2.55. The Hall–Kier alpha value is -0.930. The zero-order chi connectivity index (χ0) is 12.6. The van der Waals surface area contributed by atoms with E-state index in [-0.39, 0.29) is 27.3 Å². The van der Waals surface area contributed by atoms with E-state index in [0.29, 0.717) is 16.3 Å². The summed E-state index contributed by atoms with van der Waals surface area (Å²) in [5, 5.41) is 0.823. The molecular weight excluding hydrogens is 256 g/mol. The molecule has 2 rings (SSSR count). The zero-order valence-corrected chi connectivity index (χ0v) is 11.3. The Labute approximate surface area is 108 Å². The van der Waals surface area contributed by atoms with Gasteiger partial charge in [-0.15, -0.1) is 0 Å². The average molecular weight is 269 g/mol. The number of hydrogen-bond donors (Lipinski definition) is 0. The van der Waals surface area contributed by atoms with Gasteiger partial charge in [-0.2, -0.15) is 10.5 Å². The Kier molecular flexibility index (Phi) is 3.50. The quantitative estimate of drug-likeness (QED) is 0.773. The first-order valence-electron chi connectivity index (χ1n) is 5.32. The summed E-state index contributed by atoms with van der Waals surface area (Å²) in [5.41, 5.74) is 1.09. The van der Waals surface area contributed by atoms with Crippen molar-refractivity contribution >= 4 is 38.5 Å². The van der Waals surface area contributed by atoms with Gasteiger partial charge in [-0.1, -0.05) is 23.7 Å². The van der Waals surface area contributed by atoms with E-state index in [1.165, 1.54) is 6.92 Å². The molecule has 1 aliphatic rings. The highest BCUT2D eigenvalue weighted by Gasteiger charge is 2.32. The molecule has 4 heteroatoms. The van der Waals surface area contributed by atoms with Gasteiger partial charge in [-0.3, -0.25) is 9.59 Å². The molecule has 0 aromatic heterocycles. The molecule has 1 unspecified atom stereocenters. The van der Waals surface area contributed by atoms with Crippen molar-refractivity contribution in [2.45, 2.75) is 18.6 Å². The first kappa shape index (κ1) is 12.5. The molecule has 0 radical (unpaired) electrons. The number of ketones is 2. The third-order valence-electron chi connectivity index (χ3n) is 2.93. The molecule has 2 atom stereocenters. The molecule has 1 aliphatic heterocycles. The van der Waals surface area contributed by atoms with Crippen LogP contribution in [0.5, 0.6) is 0 Å². The molecule has 0 N–H and O–H groups in total. The van der Waals surface area contributed by atoms with Gasteiger partial charge in [0, 0.05) is 16.7 Å². The molecule has 0 saturated carbocycles. The SMILES string of the molecule is CC(=O)C1=S(C)[C@@H](c2ccc(Cl)cc2)CC1=O. The molecule has 0 fully saturated rings. The summed E-state index contributed by atoms with van der Waals surface area (Å²) in [6.07, 6.45) is 2.41. The van der Waals surface area contributed by atoms with E-state index in [9.17, 15) is 9.59 Å². The molecule has 1 aromatic carbocycles. The molecule has 0 bridgehead atoms. The summed E-state index contributed by atoms with van der Waals surface area (Å²) in [4.78, 5) is 23.7. The van der Waals surface area contributed by atoms with E-state index in [4.69, 9.17) is 11.6 Å². The van der Waals surface area contributed by atoms with Crippen LogP contribution in [0.1, 0.15) is 24.2 Å². The van der Waals surface area contributed by atoms with Crippen molar-refractivity contribution in [3.8, 4) is 0 Å². The highest BCUT2D eigenvalue weighted by Crippen LogP contribution is 2.42. The molecule has 1 aromatic rings. The van der Waals surface area contributed by atoms with Gasteiger partial charge in [0.1, 0.15) is 0 Å². The molecule has 90 valence electrons. The van der Waals surface area contributed by atoms with Gasteiger partial charge >= 0.3 is 0 Å². The van der Waals surface area contributed by atoms with Gasteiger partial charge in [-0.25, -0.2) is 0 Å². The van der Waals surface area contributed by atoms with Gasteiger partial charge in [0.15, 0.2) is 11.6 Å². The summed E-state index contributed by atoms with van der Waals surface area (Å²) >= 11 is 5.84. The largest absolute Gasteiger partial charge is 0.294 e. The minimum Gasteiger partial charge on any atom is -0.294 e. The highest BCUT2D eigenvalue weighted by molar-refractivity contribution is 8.18. The van der Waals surface area contributed by atoms with Crippen LogP contribution in [0.25, 0.3) is 0 Å². The first-order valence-corrected chi connectivity index (χ1v) is 7.39. The lowest BCUT2D eigenvalue weighted by molar-refractivity contribution is -0.115. The van der Waals surface area contributed by atoms with Gasteiger partial charge < -0.3 is 0 Å². The Morgan fingerprint density at radius 2 is 1.94 bits per heavy atom. The number of hydrogen-bond acceptors (Lipinski definition) is 2. The Morgan fingerprint density at radius 3 is 2.41 bits per heavy atom. The normalized spacial score (nSPS) is 24.2. The van der Waals surface area contributed by atoms with Crippen LogP contribution >= 0.6 is 22.1 Å². The predicted octanol–water partition coefficient (Wildman–Crippen LogP) is 3.01. The minimum absolute atomic E-state index is 0.00304. The second-order valence-corrected chi connectivity index (χ2v) is 6.64. The molecule has 2 nitrogen and oxygen atoms in total. The Morgan fingerprint density at radius 1 is 1.35 bits per heavy atom. The van der Waals surface area contributed by atoms with Crippen molar-refractivity contribution < 1.29 is 9.59 Å². The minimum atomic E-state index is -0.292. The second kappa shape index (κ2) is 4.75. The molecule has 17 heavy (non-hydrogen) atoms. The lowest BCUT2D eigenvalue weighted by atomic mass is 10.1. The van der Waals surface area contributed by atoms with Crippen LogP contribution in [0.3, 0.4) is 0 Å². The monoisotopic (exact) mass is 268 g/mol. The second-order valence-electron chi connectivity index (χ2n) is 4.11. The summed E-state index contributed by atoms with van der Waals surface area (Å²) in [7, 11) is -0.292.